The molecule has 1 aromatic carbocycles. The van der Waals surface area contributed by atoms with Crippen LogP contribution in [-0.2, 0) is 10.0 Å². The molecule has 5 nitrogen and oxygen atoms in total. The van der Waals surface area contributed by atoms with Gasteiger partial charge >= 0.3 is 0 Å². The van der Waals surface area contributed by atoms with E-state index in [-0.39, 0.29) is 22.2 Å². The maximum Gasteiger partial charge on any atom is 0.243 e. The third-order valence-electron chi connectivity index (χ3n) is 3.76. The number of nitrogens with zero attached hydrogens (tertiary/aromatic N) is 2. The van der Waals surface area contributed by atoms with E-state index in [1.54, 1.807) is 0 Å². The maximum absolute atomic E-state index is 13.6. The molecule has 0 amide bonds. The minimum Gasteiger partial charge on any atom is -0.396 e. The van der Waals surface area contributed by atoms with E-state index in [0.717, 1.165) is 12.8 Å². The number of rotatable bonds is 4. The fourth-order valence-electron chi connectivity index (χ4n) is 2.78. The Morgan fingerprint density at radius 2 is 2.10 bits per heavy atom. The molecule has 2 N–H and O–H groups in total. The molecule has 1 heterocycles. The molecular weight excluding hydrogens is 293 g/mol. The predicted molar refractivity (Wildman–Crippen MR) is 81.0 cm³/mol. The van der Waals surface area contributed by atoms with E-state index in [1.807, 2.05) is 19.0 Å². The highest BCUT2D eigenvalue weighted by atomic mass is 32.2. The molecule has 1 saturated heterocycles. The third kappa shape index (κ3) is 3.20. The average molecular weight is 315 g/mol. The molecule has 1 unspecified atom stereocenters. The number of halogens is 1. The number of nitrogens with two attached hydrogens (primary N) is 1. The van der Waals surface area contributed by atoms with E-state index in [9.17, 15) is 12.8 Å². The SMILES string of the molecule is Cc1cc(S(=O)(=O)N2CCCC2CN(C)C)cc(N)c1F. The van der Waals surface area contributed by atoms with E-state index < -0.39 is 15.8 Å². The summed E-state index contributed by atoms with van der Waals surface area (Å²) in [5, 5.41) is 0. The number of anilines is 1. The maximum atomic E-state index is 13.6. The number of hydrogen-bond donors (Lipinski definition) is 1. The van der Waals surface area contributed by atoms with Crippen molar-refractivity contribution >= 4 is 15.7 Å². The van der Waals surface area contributed by atoms with Crippen molar-refractivity contribution < 1.29 is 12.8 Å². The van der Waals surface area contributed by atoms with Gasteiger partial charge in [0.05, 0.1) is 10.6 Å². The summed E-state index contributed by atoms with van der Waals surface area (Å²) < 4.78 is 40.6. The van der Waals surface area contributed by atoms with Crippen molar-refractivity contribution in [3.8, 4) is 0 Å². The highest BCUT2D eigenvalue weighted by Crippen LogP contribution is 2.29. The van der Waals surface area contributed by atoms with Crippen LogP contribution in [0.4, 0.5) is 10.1 Å². The normalized spacial score (nSPS) is 20.3. The van der Waals surface area contributed by atoms with Gasteiger partial charge in [0.15, 0.2) is 0 Å². The van der Waals surface area contributed by atoms with E-state index in [2.05, 4.69) is 0 Å². The van der Waals surface area contributed by atoms with Gasteiger partial charge in [-0.15, -0.1) is 0 Å². The summed E-state index contributed by atoms with van der Waals surface area (Å²) in [6, 6.07) is 2.52. The smallest absolute Gasteiger partial charge is 0.243 e. The highest BCUT2D eigenvalue weighted by Gasteiger charge is 2.35. The van der Waals surface area contributed by atoms with Gasteiger partial charge in [-0.05, 0) is 51.6 Å². The van der Waals surface area contributed by atoms with Crippen LogP contribution in [0.2, 0.25) is 0 Å². The van der Waals surface area contributed by atoms with Crippen LogP contribution in [0, 0.1) is 12.7 Å². The fraction of sp³-hybridized carbons (Fsp3) is 0.571. The molecule has 0 saturated carbocycles. The van der Waals surface area contributed by atoms with Gasteiger partial charge < -0.3 is 10.6 Å². The van der Waals surface area contributed by atoms with Gasteiger partial charge in [0, 0.05) is 19.1 Å². The van der Waals surface area contributed by atoms with Crippen molar-refractivity contribution in [2.75, 3.05) is 32.9 Å². The Morgan fingerprint density at radius 1 is 1.43 bits per heavy atom. The molecule has 1 aliphatic heterocycles. The van der Waals surface area contributed by atoms with Crippen molar-refractivity contribution in [2.45, 2.75) is 30.7 Å². The number of nitrogen functional groups attached to an aromatic ring is 1. The monoisotopic (exact) mass is 315 g/mol. The molecule has 1 atom stereocenters. The summed E-state index contributed by atoms with van der Waals surface area (Å²) in [7, 11) is 0.204. The van der Waals surface area contributed by atoms with Crippen LogP contribution < -0.4 is 5.73 Å². The van der Waals surface area contributed by atoms with Gasteiger partial charge in [-0.2, -0.15) is 4.31 Å². The van der Waals surface area contributed by atoms with Crippen LogP contribution in [0.1, 0.15) is 18.4 Å². The standard InChI is InChI=1S/C14H22FN3O2S/c1-10-7-12(8-13(16)14(10)15)21(19,20)18-6-4-5-11(18)9-17(2)3/h7-8,11H,4-6,9,16H2,1-3H3. The minimum absolute atomic E-state index is 0.0448. The molecule has 1 aliphatic rings. The molecule has 118 valence electrons. The molecular formula is C14H22FN3O2S. The lowest BCUT2D eigenvalue weighted by Crippen LogP contribution is -2.41. The molecule has 21 heavy (non-hydrogen) atoms. The molecule has 0 spiro atoms. The van der Waals surface area contributed by atoms with Crippen LogP contribution >= 0.6 is 0 Å². The first-order valence-electron chi connectivity index (χ1n) is 6.95. The Morgan fingerprint density at radius 3 is 2.67 bits per heavy atom. The number of sulfonamides is 1. The number of aryl methyl sites for hydroxylation is 1. The van der Waals surface area contributed by atoms with Crippen molar-refractivity contribution in [1.82, 2.24) is 9.21 Å². The zero-order valence-corrected chi connectivity index (χ0v) is 13.5. The first-order chi connectivity index (χ1) is 9.73. The summed E-state index contributed by atoms with van der Waals surface area (Å²) in [6.45, 7) is 2.69. The largest absolute Gasteiger partial charge is 0.396 e. The van der Waals surface area contributed by atoms with Gasteiger partial charge in [-0.1, -0.05) is 0 Å². The summed E-state index contributed by atoms with van der Waals surface area (Å²) in [5.74, 6) is -0.555. The second-order valence-corrected chi connectivity index (χ2v) is 7.71. The highest BCUT2D eigenvalue weighted by molar-refractivity contribution is 7.89. The molecule has 1 aromatic rings. The molecule has 0 aromatic heterocycles. The first kappa shape index (κ1) is 16.2. The zero-order valence-electron chi connectivity index (χ0n) is 12.6. The predicted octanol–water partition coefficient (Wildman–Crippen LogP) is 1.43. The van der Waals surface area contributed by atoms with Crippen LogP contribution in [0.15, 0.2) is 17.0 Å². The van der Waals surface area contributed by atoms with E-state index in [4.69, 9.17) is 5.73 Å². The quantitative estimate of drug-likeness (QED) is 0.854. The number of benzene rings is 1. The summed E-state index contributed by atoms with van der Waals surface area (Å²) >= 11 is 0. The van der Waals surface area contributed by atoms with E-state index >= 15 is 0 Å². The number of likely N-dealkylation sites (N-methyl/N-ethyl adjacent to an activating group) is 1. The van der Waals surface area contributed by atoms with Crippen molar-refractivity contribution in [1.29, 1.82) is 0 Å². The van der Waals surface area contributed by atoms with Gasteiger partial charge in [-0.25, -0.2) is 12.8 Å². The molecule has 1 fully saturated rings. The molecule has 0 radical (unpaired) electrons. The molecule has 2 rings (SSSR count). The van der Waals surface area contributed by atoms with E-state index in [1.165, 1.54) is 23.4 Å². The van der Waals surface area contributed by atoms with Gasteiger partial charge in [-0.3, -0.25) is 0 Å². The van der Waals surface area contributed by atoms with Crippen LogP contribution in [-0.4, -0.2) is 50.8 Å². The Bertz CT molecular complexity index is 608. The van der Waals surface area contributed by atoms with E-state index in [0.29, 0.717) is 13.1 Å². The van der Waals surface area contributed by atoms with Crippen molar-refractivity contribution in [3.05, 3.63) is 23.5 Å². The van der Waals surface area contributed by atoms with Gasteiger partial charge in [0.25, 0.3) is 0 Å². The first-order valence-corrected chi connectivity index (χ1v) is 8.39. The lowest BCUT2D eigenvalue weighted by Gasteiger charge is -2.26. The van der Waals surface area contributed by atoms with Crippen LogP contribution in [0.25, 0.3) is 0 Å². The Labute approximate surface area is 125 Å². The van der Waals surface area contributed by atoms with Crippen LogP contribution in [0.5, 0.6) is 0 Å². The van der Waals surface area contributed by atoms with Gasteiger partial charge in [0.1, 0.15) is 5.82 Å². The number of hydrogen-bond acceptors (Lipinski definition) is 4. The minimum atomic E-state index is -3.64. The van der Waals surface area contributed by atoms with Crippen LogP contribution in [0.3, 0.4) is 0 Å². The van der Waals surface area contributed by atoms with Crippen molar-refractivity contribution in [2.24, 2.45) is 0 Å². The molecule has 0 bridgehead atoms. The Kier molecular flexibility index (Phi) is 4.55. The Hall–Kier alpha value is -1.18. The lowest BCUT2D eigenvalue weighted by atomic mass is 10.2. The third-order valence-corrected chi connectivity index (χ3v) is 5.69. The summed E-state index contributed by atoms with van der Waals surface area (Å²) in [4.78, 5) is 2.05. The molecule has 7 heteroatoms. The van der Waals surface area contributed by atoms with Crippen molar-refractivity contribution in [3.63, 3.8) is 0 Å². The fourth-order valence-corrected chi connectivity index (χ4v) is 4.58. The average Bonchev–Trinajstić information content (AvgIpc) is 2.83. The summed E-state index contributed by atoms with van der Waals surface area (Å²) in [5.41, 5.74) is 5.69. The second kappa shape index (κ2) is 5.90. The second-order valence-electron chi connectivity index (χ2n) is 5.82. The Balaban J connectivity index is 2.37. The summed E-state index contributed by atoms with van der Waals surface area (Å²) in [6.07, 6.45) is 1.68. The topological polar surface area (TPSA) is 66.6 Å². The van der Waals surface area contributed by atoms with Gasteiger partial charge in [0.2, 0.25) is 10.0 Å². The molecule has 0 aliphatic carbocycles. The zero-order chi connectivity index (χ0) is 15.8. The lowest BCUT2D eigenvalue weighted by molar-refractivity contribution is 0.291.